The van der Waals surface area contributed by atoms with E-state index in [1.54, 1.807) is 38.5 Å². The number of anilines is 1. The molecule has 0 bridgehead atoms. The molecule has 0 amide bonds. The molecule has 0 aliphatic carbocycles. The van der Waals surface area contributed by atoms with Gasteiger partial charge in [0.05, 0.1) is 56.5 Å². The maximum atomic E-state index is 12.1. The van der Waals surface area contributed by atoms with Gasteiger partial charge in [-0.05, 0) is 159 Å². The Kier molecular flexibility index (Phi) is 22.7. The Bertz CT molecular complexity index is 2610. The second-order valence-corrected chi connectivity index (χ2v) is 29.8. The third-order valence-corrected chi connectivity index (χ3v) is 19.1. The Morgan fingerprint density at radius 1 is 0.514 bits per heavy atom. The van der Waals surface area contributed by atoms with E-state index >= 15 is 0 Å². The number of sulfonamides is 2. The summed E-state index contributed by atoms with van der Waals surface area (Å²) >= 11 is 6.52. The van der Waals surface area contributed by atoms with Crippen LogP contribution < -0.4 is 11.2 Å². The van der Waals surface area contributed by atoms with Gasteiger partial charge in [0, 0.05) is 97.4 Å². The summed E-state index contributed by atoms with van der Waals surface area (Å²) in [7, 11) is 2.09. The molecule has 3 aromatic rings. The lowest BCUT2D eigenvalue weighted by Gasteiger charge is -2.32. The molecule has 3 aromatic heterocycles. The molecule has 3 aliphatic heterocycles. The van der Waals surface area contributed by atoms with Crippen molar-refractivity contribution in [2.45, 2.75) is 149 Å². The quantitative estimate of drug-likeness (QED) is 0.175. The van der Waals surface area contributed by atoms with E-state index in [0.29, 0.717) is 11.3 Å². The Labute approximate surface area is 453 Å². The van der Waals surface area contributed by atoms with Crippen molar-refractivity contribution in [3.63, 3.8) is 0 Å². The van der Waals surface area contributed by atoms with Crippen LogP contribution in [0.5, 0.6) is 0 Å². The number of pyridine rings is 3. The summed E-state index contributed by atoms with van der Waals surface area (Å²) < 4.78 is 109. The first kappa shape index (κ1) is 66.3. The first-order valence-electron chi connectivity index (χ1n) is 22.6. The summed E-state index contributed by atoms with van der Waals surface area (Å²) in [6, 6.07) is 5.43. The topological polar surface area (TPSA) is 232 Å². The van der Waals surface area contributed by atoms with Crippen molar-refractivity contribution in [3.05, 3.63) is 73.9 Å². The lowest BCUT2D eigenvalue weighted by Crippen LogP contribution is -2.41. The van der Waals surface area contributed by atoms with Gasteiger partial charge in [0.1, 0.15) is 0 Å². The fraction of sp³-hybridized carbons (Fsp3) is 0.659. The largest absolute Gasteiger partial charge is 0.496 e. The number of rotatable bonds is 9. The summed E-state index contributed by atoms with van der Waals surface area (Å²) in [5.74, 6) is -0.107. The van der Waals surface area contributed by atoms with Crippen molar-refractivity contribution in [1.29, 1.82) is 0 Å². The lowest BCUT2D eigenvalue weighted by molar-refractivity contribution is 0.00578. The molecule has 0 atom stereocenters. The fourth-order valence-corrected chi connectivity index (χ4v) is 8.34. The highest BCUT2D eigenvalue weighted by molar-refractivity contribution is 9.10. The fourth-order valence-electron chi connectivity index (χ4n) is 5.72. The van der Waals surface area contributed by atoms with Crippen molar-refractivity contribution in [2.75, 3.05) is 48.0 Å². The van der Waals surface area contributed by atoms with Crippen LogP contribution in [0.15, 0.2) is 45.7 Å². The van der Waals surface area contributed by atoms with Crippen LogP contribution in [-0.2, 0) is 68.7 Å². The predicted molar refractivity (Wildman–Crippen MR) is 296 cm³/mol. The van der Waals surface area contributed by atoms with E-state index in [1.165, 1.54) is 50.9 Å². The molecule has 3 aliphatic rings. The van der Waals surface area contributed by atoms with Crippen LogP contribution in [0, 0.1) is 20.8 Å². The molecular formula is C44H75B3Br2ClN7O12S3. The molecule has 0 spiro atoms. The standard InChI is InChI=1S/C15H25BN2O4S.C12H24B2O4.C9H13BrN2O2S.C6H7BrN2.C2H6ClNO2S/c1-11-12(10-23(19,20)18(6)7)8-13(9-17-11)16-21-14(2,3)15(4,5)22-16;1-9(2)10(3,4)16-13(15-9)14-17-11(5,6)12(7,8)18-14;1-7-8(4-9(10)5-11-7)6-15(13,14)12(2)3;1-4-6(8)2-5(7)3-9-4;1-4(2)7(3,5)6/h8-9H,10H2,1-7H3;1-8H3;4-5H,6H2,1-3H3;2-3H,8H2,1H3;1-2H3. The van der Waals surface area contributed by atoms with E-state index in [1.807, 2.05) is 102 Å². The summed E-state index contributed by atoms with van der Waals surface area (Å²) in [6.45, 7) is 29.6. The Morgan fingerprint density at radius 2 is 0.806 bits per heavy atom. The number of hydrogen-bond acceptors (Lipinski definition) is 16. The molecule has 72 heavy (non-hydrogen) atoms. The minimum Gasteiger partial charge on any atom is -0.405 e. The molecule has 2 N–H and O–H groups in total. The maximum Gasteiger partial charge on any atom is 0.496 e. The first-order valence-corrected chi connectivity index (χ1v) is 29.7. The number of aryl methyl sites for hydroxylation is 3. The highest BCUT2D eigenvalue weighted by Gasteiger charge is 2.63. The van der Waals surface area contributed by atoms with Crippen molar-refractivity contribution in [2.24, 2.45) is 0 Å². The van der Waals surface area contributed by atoms with Gasteiger partial charge < -0.3 is 33.7 Å². The van der Waals surface area contributed by atoms with Gasteiger partial charge in [0.2, 0.25) is 20.0 Å². The zero-order valence-corrected chi connectivity index (χ0v) is 52.0. The van der Waals surface area contributed by atoms with Gasteiger partial charge in [-0.25, -0.2) is 25.4 Å². The summed E-state index contributed by atoms with van der Waals surface area (Å²) in [4.78, 5) is 12.4. The SMILES string of the molecule is CC1(C)OB(B2OC(C)(C)C(C)(C)O2)OC1(C)C.CN(C)S(=O)(=O)Cl.Cc1ncc(B2OC(C)(C)C(C)(C)O2)cc1CS(=O)(=O)N(C)C.Cc1ncc(Br)cc1CS(=O)(=O)N(C)C.Cc1ncc(Br)cc1N. The van der Waals surface area contributed by atoms with Crippen LogP contribution >= 0.6 is 42.5 Å². The molecule has 0 aromatic carbocycles. The van der Waals surface area contributed by atoms with Crippen LogP contribution in [0.1, 0.15) is 111 Å². The molecule has 0 saturated carbocycles. The van der Waals surface area contributed by atoms with Gasteiger partial charge in [-0.3, -0.25) is 15.0 Å². The van der Waals surface area contributed by atoms with Gasteiger partial charge in [-0.1, -0.05) is 6.07 Å². The monoisotopic (exact) mass is 1220 g/mol. The first-order chi connectivity index (χ1) is 32.2. The van der Waals surface area contributed by atoms with Crippen LogP contribution in [0.25, 0.3) is 0 Å². The highest BCUT2D eigenvalue weighted by Crippen LogP contribution is 2.43. The summed E-state index contributed by atoms with van der Waals surface area (Å²) in [5.41, 5.74) is 8.34. The Morgan fingerprint density at radius 3 is 1.11 bits per heavy atom. The summed E-state index contributed by atoms with van der Waals surface area (Å²) in [5, 5.41) is 0. The second kappa shape index (κ2) is 24.7. The molecule has 28 heteroatoms. The van der Waals surface area contributed by atoms with Gasteiger partial charge >= 0.3 is 21.1 Å². The number of halogens is 3. The van der Waals surface area contributed by atoms with Crippen LogP contribution in [0.3, 0.4) is 0 Å². The van der Waals surface area contributed by atoms with Gasteiger partial charge in [0.15, 0.2) is 0 Å². The van der Waals surface area contributed by atoms with E-state index in [0.717, 1.165) is 41.4 Å². The van der Waals surface area contributed by atoms with Crippen molar-refractivity contribution in [3.8, 4) is 0 Å². The van der Waals surface area contributed by atoms with Crippen molar-refractivity contribution in [1.82, 2.24) is 27.9 Å². The van der Waals surface area contributed by atoms with Gasteiger partial charge in [0.25, 0.3) is 9.24 Å². The molecule has 6 heterocycles. The molecular weight excluding hydrogens is 1140 g/mol. The second-order valence-electron chi connectivity index (χ2n) is 20.9. The molecule has 3 saturated heterocycles. The number of nitrogens with two attached hydrogens (primary N) is 1. The minimum atomic E-state index is -3.44. The van der Waals surface area contributed by atoms with E-state index in [-0.39, 0.29) is 33.9 Å². The van der Waals surface area contributed by atoms with Crippen LogP contribution in [0.2, 0.25) is 0 Å². The van der Waals surface area contributed by atoms with Crippen LogP contribution in [0.4, 0.5) is 5.69 Å². The van der Waals surface area contributed by atoms with Gasteiger partial charge in [-0.2, -0.15) is 12.7 Å². The molecule has 0 unspecified atom stereocenters. The lowest BCUT2D eigenvalue weighted by atomic mass is 9.49. The Balaban J connectivity index is 0.000000326. The predicted octanol–water partition coefficient (Wildman–Crippen LogP) is 6.64. The average molecular weight is 1220 g/mol. The number of aromatic nitrogens is 3. The number of nitrogen functional groups attached to an aromatic ring is 1. The molecule has 406 valence electrons. The molecule has 3 fully saturated rings. The average Bonchev–Trinajstić information content (AvgIpc) is 3.68. The molecule has 19 nitrogen and oxygen atoms in total. The van der Waals surface area contributed by atoms with Crippen LogP contribution in [-0.4, -0.2) is 150 Å². The van der Waals surface area contributed by atoms with E-state index < -0.39 is 61.6 Å². The highest BCUT2D eigenvalue weighted by atomic mass is 79.9. The Hall–Kier alpha value is -1.82. The number of hydrogen-bond donors (Lipinski definition) is 1. The van der Waals surface area contributed by atoms with E-state index in [2.05, 4.69) is 46.8 Å². The third-order valence-electron chi connectivity index (χ3n) is 13.0. The van der Waals surface area contributed by atoms with E-state index in [9.17, 15) is 25.3 Å². The van der Waals surface area contributed by atoms with Crippen molar-refractivity contribution < 1.29 is 53.2 Å². The minimum absolute atomic E-state index is 0.0156. The zero-order chi connectivity index (χ0) is 56.2. The summed E-state index contributed by atoms with van der Waals surface area (Å²) in [6.07, 6.45) is 5.07. The molecule has 6 rings (SSSR count). The smallest absolute Gasteiger partial charge is 0.405 e. The maximum absolute atomic E-state index is 12.1. The normalized spacial score (nSPS) is 19.4. The zero-order valence-electron chi connectivity index (χ0n) is 45.6. The molecule has 0 radical (unpaired) electrons. The van der Waals surface area contributed by atoms with Gasteiger partial charge in [-0.15, -0.1) is 0 Å². The third kappa shape index (κ3) is 18.2. The van der Waals surface area contributed by atoms with Crippen molar-refractivity contribution >= 4 is 104 Å². The number of nitrogens with zero attached hydrogens (tertiary/aromatic N) is 6. The van der Waals surface area contributed by atoms with E-state index in [4.69, 9.17) is 44.3 Å².